The first-order chi connectivity index (χ1) is 7.63. The zero-order chi connectivity index (χ0) is 11.7. The van der Waals surface area contributed by atoms with E-state index in [9.17, 15) is 9.90 Å². The number of aromatic hydroxyl groups is 1. The van der Waals surface area contributed by atoms with Crippen LogP contribution in [0.15, 0.2) is 34.8 Å². The lowest BCUT2D eigenvalue weighted by atomic mass is 10.0. The molecule has 0 radical (unpaired) electrons. The molecule has 0 aliphatic carbocycles. The normalized spacial score (nSPS) is 10.4. The van der Waals surface area contributed by atoms with Gasteiger partial charge in [-0.3, -0.25) is 0 Å². The van der Waals surface area contributed by atoms with Crippen molar-refractivity contribution in [1.29, 1.82) is 0 Å². The Labute approximate surface area is 101 Å². The second kappa shape index (κ2) is 4.14. The predicted molar refractivity (Wildman–Crippen MR) is 64.7 cm³/mol. The van der Waals surface area contributed by atoms with Gasteiger partial charge in [-0.15, -0.1) is 0 Å². The quantitative estimate of drug-likeness (QED) is 0.817. The lowest BCUT2D eigenvalue weighted by Gasteiger charge is -2.07. The zero-order valence-electron chi connectivity index (χ0n) is 8.53. The fourth-order valence-electron chi connectivity index (χ4n) is 1.64. The minimum Gasteiger partial charge on any atom is -0.508 e. The first kappa shape index (κ1) is 11.0. The van der Waals surface area contributed by atoms with Gasteiger partial charge < -0.3 is 9.84 Å². The van der Waals surface area contributed by atoms with Crippen LogP contribution in [0.5, 0.6) is 5.75 Å². The van der Waals surface area contributed by atoms with Crippen molar-refractivity contribution in [2.75, 3.05) is 7.11 Å². The number of rotatable bonds is 1. The van der Waals surface area contributed by atoms with Gasteiger partial charge in [0, 0.05) is 9.86 Å². The van der Waals surface area contributed by atoms with Crippen LogP contribution in [0.2, 0.25) is 0 Å². The predicted octanol–water partition coefficient (Wildman–Crippen LogP) is 3.09. The molecule has 0 aliphatic rings. The number of fused-ring (bicyclic) bond motifs is 1. The number of ether oxygens (including phenoxy) is 1. The Morgan fingerprint density at radius 2 is 2.12 bits per heavy atom. The van der Waals surface area contributed by atoms with Gasteiger partial charge in [0.05, 0.1) is 12.7 Å². The molecule has 0 bridgehead atoms. The third-order valence-corrected chi connectivity index (χ3v) is 2.94. The molecule has 0 aromatic heterocycles. The van der Waals surface area contributed by atoms with Crippen LogP contribution in [0, 0.1) is 0 Å². The first-order valence-corrected chi connectivity index (χ1v) is 5.42. The van der Waals surface area contributed by atoms with Gasteiger partial charge in [-0.05, 0) is 39.5 Å². The minimum atomic E-state index is -0.392. The van der Waals surface area contributed by atoms with Gasteiger partial charge >= 0.3 is 5.97 Å². The Bertz CT molecular complexity index is 563. The van der Waals surface area contributed by atoms with Crippen LogP contribution in [-0.4, -0.2) is 18.2 Å². The molecule has 0 saturated carbocycles. The van der Waals surface area contributed by atoms with Crippen molar-refractivity contribution in [2.24, 2.45) is 0 Å². The number of hydrogen-bond donors (Lipinski definition) is 1. The van der Waals surface area contributed by atoms with E-state index in [-0.39, 0.29) is 5.75 Å². The minimum absolute atomic E-state index is 0.154. The van der Waals surface area contributed by atoms with Crippen LogP contribution in [0.4, 0.5) is 0 Å². The number of methoxy groups -OCH3 is 1. The topological polar surface area (TPSA) is 46.5 Å². The van der Waals surface area contributed by atoms with Gasteiger partial charge in [-0.2, -0.15) is 0 Å². The Morgan fingerprint density at radius 1 is 1.38 bits per heavy atom. The molecule has 0 unspecified atom stereocenters. The highest BCUT2D eigenvalue weighted by atomic mass is 79.9. The molecule has 2 rings (SSSR count). The molecule has 0 heterocycles. The molecular weight excluding hydrogens is 272 g/mol. The van der Waals surface area contributed by atoms with E-state index in [0.29, 0.717) is 10.0 Å². The molecule has 1 N–H and O–H groups in total. The van der Waals surface area contributed by atoms with Gasteiger partial charge in [-0.1, -0.05) is 12.1 Å². The third-order valence-electron chi connectivity index (χ3n) is 2.32. The van der Waals surface area contributed by atoms with Crippen LogP contribution < -0.4 is 0 Å². The first-order valence-electron chi connectivity index (χ1n) is 4.63. The Balaban J connectivity index is 2.81. The molecular formula is C12H9BrO3. The standard InChI is InChI=1S/C12H9BrO3/c1-16-12(15)9-4-2-3-7-5-8(14)6-10(13)11(7)9/h2-6,14H,1H3. The molecule has 82 valence electrons. The lowest BCUT2D eigenvalue weighted by molar-refractivity contribution is 0.0603. The van der Waals surface area contributed by atoms with Crippen LogP contribution in [0.25, 0.3) is 10.8 Å². The summed E-state index contributed by atoms with van der Waals surface area (Å²) in [5.74, 6) is -0.238. The lowest BCUT2D eigenvalue weighted by Crippen LogP contribution is -2.02. The van der Waals surface area contributed by atoms with E-state index >= 15 is 0 Å². The molecule has 0 saturated heterocycles. The van der Waals surface area contributed by atoms with Crippen molar-refractivity contribution in [3.63, 3.8) is 0 Å². The summed E-state index contributed by atoms with van der Waals surface area (Å²) in [7, 11) is 1.34. The maximum absolute atomic E-state index is 11.6. The largest absolute Gasteiger partial charge is 0.508 e. The molecule has 0 fully saturated rings. The highest BCUT2D eigenvalue weighted by molar-refractivity contribution is 9.10. The monoisotopic (exact) mass is 280 g/mol. The van der Waals surface area contributed by atoms with E-state index in [2.05, 4.69) is 15.9 Å². The number of carbonyl (C=O) groups is 1. The molecule has 3 nitrogen and oxygen atoms in total. The molecule has 2 aromatic rings. The maximum Gasteiger partial charge on any atom is 0.338 e. The fourth-order valence-corrected chi connectivity index (χ4v) is 2.32. The van der Waals surface area contributed by atoms with Crippen molar-refractivity contribution in [1.82, 2.24) is 0 Å². The maximum atomic E-state index is 11.6. The smallest absolute Gasteiger partial charge is 0.338 e. The van der Waals surface area contributed by atoms with Crippen molar-refractivity contribution in [3.05, 3.63) is 40.4 Å². The number of carbonyl (C=O) groups excluding carboxylic acids is 1. The molecule has 0 aliphatic heterocycles. The third kappa shape index (κ3) is 1.76. The van der Waals surface area contributed by atoms with Gasteiger partial charge in [0.15, 0.2) is 0 Å². The van der Waals surface area contributed by atoms with Gasteiger partial charge in [0.2, 0.25) is 0 Å². The van der Waals surface area contributed by atoms with E-state index < -0.39 is 5.97 Å². The molecule has 0 spiro atoms. The van der Waals surface area contributed by atoms with Crippen molar-refractivity contribution in [3.8, 4) is 5.75 Å². The van der Waals surface area contributed by atoms with Crippen LogP contribution in [0.1, 0.15) is 10.4 Å². The Hall–Kier alpha value is -1.55. The van der Waals surface area contributed by atoms with Crippen molar-refractivity contribution < 1.29 is 14.6 Å². The summed E-state index contributed by atoms with van der Waals surface area (Å²) in [4.78, 5) is 11.6. The average molecular weight is 281 g/mol. The van der Waals surface area contributed by atoms with E-state index in [1.807, 2.05) is 6.07 Å². The molecule has 16 heavy (non-hydrogen) atoms. The van der Waals surface area contributed by atoms with Crippen LogP contribution in [0.3, 0.4) is 0 Å². The summed E-state index contributed by atoms with van der Waals surface area (Å²) < 4.78 is 5.38. The molecule has 0 atom stereocenters. The Morgan fingerprint density at radius 3 is 2.81 bits per heavy atom. The van der Waals surface area contributed by atoms with E-state index in [4.69, 9.17) is 4.74 Å². The van der Waals surface area contributed by atoms with Crippen LogP contribution >= 0.6 is 15.9 Å². The number of benzene rings is 2. The fraction of sp³-hybridized carbons (Fsp3) is 0.0833. The molecule has 0 amide bonds. The number of esters is 1. The highest BCUT2D eigenvalue weighted by Gasteiger charge is 2.12. The summed E-state index contributed by atoms with van der Waals surface area (Å²) in [5, 5.41) is 11.0. The van der Waals surface area contributed by atoms with E-state index in [1.165, 1.54) is 7.11 Å². The number of halogens is 1. The van der Waals surface area contributed by atoms with Gasteiger partial charge in [-0.25, -0.2) is 4.79 Å². The molecule has 2 aromatic carbocycles. The van der Waals surface area contributed by atoms with Gasteiger partial charge in [0.1, 0.15) is 5.75 Å². The average Bonchev–Trinajstić information content (AvgIpc) is 2.26. The van der Waals surface area contributed by atoms with E-state index in [1.54, 1.807) is 24.3 Å². The second-order valence-electron chi connectivity index (χ2n) is 3.32. The summed E-state index contributed by atoms with van der Waals surface area (Å²) in [6, 6.07) is 8.42. The summed E-state index contributed by atoms with van der Waals surface area (Å²) in [6.07, 6.45) is 0. The number of phenols is 1. The van der Waals surface area contributed by atoms with Crippen LogP contribution in [-0.2, 0) is 4.74 Å². The summed E-state index contributed by atoms with van der Waals surface area (Å²) >= 11 is 3.33. The zero-order valence-corrected chi connectivity index (χ0v) is 10.1. The highest BCUT2D eigenvalue weighted by Crippen LogP contribution is 2.31. The second-order valence-corrected chi connectivity index (χ2v) is 4.18. The summed E-state index contributed by atoms with van der Waals surface area (Å²) in [5.41, 5.74) is 0.479. The van der Waals surface area contributed by atoms with Crippen molar-refractivity contribution in [2.45, 2.75) is 0 Å². The number of phenolic OH excluding ortho intramolecular Hbond substituents is 1. The van der Waals surface area contributed by atoms with Crippen molar-refractivity contribution >= 4 is 32.7 Å². The Kier molecular flexibility index (Phi) is 2.83. The van der Waals surface area contributed by atoms with E-state index in [0.717, 1.165) is 10.8 Å². The molecule has 4 heteroatoms. The van der Waals surface area contributed by atoms with Gasteiger partial charge in [0.25, 0.3) is 0 Å². The SMILES string of the molecule is COC(=O)c1cccc2cc(O)cc(Br)c12. The summed E-state index contributed by atoms with van der Waals surface area (Å²) in [6.45, 7) is 0. The number of hydrogen-bond acceptors (Lipinski definition) is 3.